The third kappa shape index (κ3) is 10.6. The van der Waals surface area contributed by atoms with Gasteiger partial charge in [-0.1, -0.05) is 98.3 Å². The van der Waals surface area contributed by atoms with E-state index < -0.39 is 0 Å². The van der Waals surface area contributed by atoms with Gasteiger partial charge in [-0.3, -0.25) is 4.79 Å². The van der Waals surface area contributed by atoms with Gasteiger partial charge in [0.2, 0.25) is 0 Å². The van der Waals surface area contributed by atoms with Crippen LogP contribution < -0.4 is 0 Å². The molecule has 26 heavy (non-hydrogen) atoms. The van der Waals surface area contributed by atoms with E-state index >= 15 is 0 Å². The van der Waals surface area contributed by atoms with E-state index in [0.717, 1.165) is 12.8 Å². The van der Waals surface area contributed by atoms with Crippen molar-refractivity contribution in [3.8, 4) is 0 Å². The molecule has 0 aromatic heterocycles. The third-order valence-corrected chi connectivity index (χ3v) is 6.23. The van der Waals surface area contributed by atoms with E-state index in [-0.39, 0.29) is 12.1 Å². The molecule has 3 atom stereocenters. The van der Waals surface area contributed by atoms with Gasteiger partial charge in [-0.25, -0.2) is 0 Å². The van der Waals surface area contributed by atoms with Crippen molar-refractivity contribution >= 4 is 5.97 Å². The Hall–Kier alpha value is -0.530. The lowest BCUT2D eigenvalue weighted by atomic mass is 9.75. The molecule has 0 N–H and O–H groups in total. The summed E-state index contributed by atoms with van der Waals surface area (Å²) >= 11 is 0. The van der Waals surface area contributed by atoms with Crippen LogP contribution in [0.4, 0.5) is 0 Å². The summed E-state index contributed by atoms with van der Waals surface area (Å²) in [5, 5.41) is 0. The normalized spacial score (nSPS) is 23.3. The molecule has 0 heterocycles. The number of esters is 1. The molecule has 0 aromatic carbocycles. The van der Waals surface area contributed by atoms with E-state index in [2.05, 4.69) is 27.7 Å². The van der Waals surface area contributed by atoms with Gasteiger partial charge in [0, 0.05) is 6.42 Å². The molecule has 0 unspecified atom stereocenters. The Morgan fingerprint density at radius 2 is 1.42 bits per heavy atom. The second kappa shape index (κ2) is 14.5. The Labute approximate surface area is 163 Å². The number of hydrogen-bond acceptors (Lipinski definition) is 2. The summed E-state index contributed by atoms with van der Waals surface area (Å²) in [6.45, 7) is 9.10. The van der Waals surface area contributed by atoms with Crippen LogP contribution in [-0.4, -0.2) is 12.1 Å². The van der Waals surface area contributed by atoms with Crippen LogP contribution in [0.2, 0.25) is 0 Å². The van der Waals surface area contributed by atoms with Gasteiger partial charge in [-0.2, -0.15) is 0 Å². The fourth-order valence-corrected chi connectivity index (χ4v) is 4.41. The predicted molar refractivity (Wildman–Crippen MR) is 112 cm³/mol. The fourth-order valence-electron chi connectivity index (χ4n) is 4.41. The molecule has 1 rings (SSSR count). The average molecular weight is 367 g/mol. The molecule has 1 fully saturated rings. The van der Waals surface area contributed by atoms with Crippen LogP contribution in [0.15, 0.2) is 0 Å². The van der Waals surface area contributed by atoms with Gasteiger partial charge in [0.05, 0.1) is 0 Å². The average Bonchev–Trinajstić information content (AvgIpc) is 2.59. The number of carbonyl (C=O) groups is 1. The molecule has 2 heteroatoms. The highest BCUT2D eigenvalue weighted by atomic mass is 16.5. The molecule has 1 aliphatic carbocycles. The molecule has 0 amide bonds. The van der Waals surface area contributed by atoms with E-state index in [1.165, 1.54) is 77.0 Å². The first-order valence-electron chi connectivity index (χ1n) is 11.7. The number of unbranched alkanes of at least 4 members (excludes halogenated alkanes) is 10. The predicted octanol–water partition coefficient (Wildman–Crippen LogP) is 7.69. The van der Waals surface area contributed by atoms with Crippen LogP contribution in [0.25, 0.3) is 0 Å². The minimum Gasteiger partial charge on any atom is -0.462 e. The molecule has 1 aliphatic rings. The molecule has 0 bridgehead atoms. The summed E-state index contributed by atoms with van der Waals surface area (Å²) in [6.07, 6.45) is 18.9. The first-order chi connectivity index (χ1) is 12.5. The summed E-state index contributed by atoms with van der Waals surface area (Å²) in [7, 11) is 0. The number of rotatable bonds is 14. The van der Waals surface area contributed by atoms with Gasteiger partial charge in [-0.15, -0.1) is 0 Å². The second-order valence-electron chi connectivity index (χ2n) is 9.14. The van der Waals surface area contributed by atoms with Crippen molar-refractivity contribution in [3.63, 3.8) is 0 Å². The SMILES string of the molecule is CCCCCCCCCCCCCC(=O)O[C@H]1C[C@@H](C)CC[C@@H]1C(C)C. The lowest BCUT2D eigenvalue weighted by Crippen LogP contribution is -2.35. The van der Waals surface area contributed by atoms with Crippen molar-refractivity contribution in [1.29, 1.82) is 0 Å². The first kappa shape index (κ1) is 23.5. The van der Waals surface area contributed by atoms with Crippen LogP contribution in [-0.2, 0) is 9.53 Å². The quantitative estimate of drug-likeness (QED) is 0.232. The molecule has 1 saturated carbocycles. The van der Waals surface area contributed by atoms with Crippen molar-refractivity contribution < 1.29 is 9.53 Å². The maximum absolute atomic E-state index is 12.2. The van der Waals surface area contributed by atoms with Crippen molar-refractivity contribution in [1.82, 2.24) is 0 Å². The highest BCUT2D eigenvalue weighted by Gasteiger charge is 2.33. The van der Waals surface area contributed by atoms with E-state index in [1.54, 1.807) is 0 Å². The Bertz CT molecular complexity index is 350. The third-order valence-electron chi connectivity index (χ3n) is 6.23. The van der Waals surface area contributed by atoms with E-state index in [4.69, 9.17) is 4.74 Å². The number of carbonyl (C=O) groups excluding carboxylic acids is 1. The van der Waals surface area contributed by atoms with Crippen LogP contribution in [0.1, 0.15) is 124 Å². The Kier molecular flexibility index (Phi) is 13.1. The van der Waals surface area contributed by atoms with Crippen molar-refractivity contribution in [3.05, 3.63) is 0 Å². The standard InChI is InChI=1S/C24H46O2/c1-5-6-7-8-9-10-11-12-13-14-15-16-24(25)26-23-19-21(4)17-18-22(23)20(2)3/h20-23H,5-19H2,1-4H3/t21-,22+,23-/m0/s1. The Balaban J connectivity index is 2.02. The second-order valence-corrected chi connectivity index (χ2v) is 9.14. The monoisotopic (exact) mass is 366 g/mol. The van der Waals surface area contributed by atoms with Gasteiger partial charge in [-0.05, 0) is 37.0 Å². The zero-order valence-corrected chi connectivity index (χ0v) is 18.2. The molecule has 0 aliphatic heterocycles. The van der Waals surface area contributed by atoms with Crippen LogP contribution in [0.5, 0.6) is 0 Å². The first-order valence-corrected chi connectivity index (χ1v) is 11.7. The Morgan fingerprint density at radius 3 is 1.96 bits per heavy atom. The largest absolute Gasteiger partial charge is 0.462 e. The molecular weight excluding hydrogens is 320 g/mol. The summed E-state index contributed by atoms with van der Waals surface area (Å²) in [6, 6.07) is 0. The molecule has 0 radical (unpaired) electrons. The highest BCUT2D eigenvalue weighted by Crippen LogP contribution is 2.35. The summed E-state index contributed by atoms with van der Waals surface area (Å²) in [5.41, 5.74) is 0. The van der Waals surface area contributed by atoms with Gasteiger partial charge in [0.15, 0.2) is 0 Å². The maximum Gasteiger partial charge on any atom is 0.306 e. The number of hydrogen-bond donors (Lipinski definition) is 0. The van der Waals surface area contributed by atoms with Gasteiger partial charge < -0.3 is 4.74 Å². The van der Waals surface area contributed by atoms with Crippen LogP contribution >= 0.6 is 0 Å². The van der Waals surface area contributed by atoms with Crippen LogP contribution in [0.3, 0.4) is 0 Å². The fraction of sp³-hybridized carbons (Fsp3) is 0.958. The summed E-state index contributed by atoms with van der Waals surface area (Å²) < 4.78 is 5.89. The van der Waals surface area contributed by atoms with Crippen LogP contribution in [0, 0.1) is 17.8 Å². The minimum absolute atomic E-state index is 0.0469. The zero-order valence-electron chi connectivity index (χ0n) is 18.2. The number of ether oxygens (including phenoxy) is 1. The lowest BCUT2D eigenvalue weighted by molar-refractivity contribution is -0.156. The van der Waals surface area contributed by atoms with E-state index in [0.29, 0.717) is 24.2 Å². The summed E-state index contributed by atoms with van der Waals surface area (Å²) in [4.78, 5) is 12.2. The molecule has 0 saturated heterocycles. The minimum atomic E-state index is 0.0469. The molecule has 0 aromatic rings. The molecule has 2 nitrogen and oxygen atoms in total. The topological polar surface area (TPSA) is 26.3 Å². The smallest absolute Gasteiger partial charge is 0.306 e. The van der Waals surface area contributed by atoms with Gasteiger partial charge in [0.25, 0.3) is 0 Å². The highest BCUT2D eigenvalue weighted by molar-refractivity contribution is 5.69. The molecule has 0 spiro atoms. The van der Waals surface area contributed by atoms with Gasteiger partial charge >= 0.3 is 5.97 Å². The molecular formula is C24H46O2. The Morgan fingerprint density at radius 1 is 0.885 bits per heavy atom. The lowest BCUT2D eigenvalue weighted by Gasteiger charge is -2.36. The zero-order chi connectivity index (χ0) is 19.2. The van der Waals surface area contributed by atoms with Crippen molar-refractivity contribution in [2.75, 3.05) is 0 Å². The summed E-state index contributed by atoms with van der Waals surface area (Å²) in [5.74, 6) is 1.92. The van der Waals surface area contributed by atoms with E-state index in [9.17, 15) is 4.79 Å². The van der Waals surface area contributed by atoms with Crippen molar-refractivity contribution in [2.24, 2.45) is 17.8 Å². The van der Waals surface area contributed by atoms with Gasteiger partial charge in [0.1, 0.15) is 6.10 Å². The maximum atomic E-state index is 12.2. The molecule has 154 valence electrons. The van der Waals surface area contributed by atoms with E-state index in [1.807, 2.05) is 0 Å². The van der Waals surface area contributed by atoms with Crippen molar-refractivity contribution in [2.45, 2.75) is 130 Å².